The molecule has 28 heavy (non-hydrogen) atoms. The molecule has 2 aliphatic heterocycles. The zero-order chi connectivity index (χ0) is 19.6. The van der Waals surface area contributed by atoms with E-state index in [0.717, 1.165) is 56.4 Å². The maximum atomic E-state index is 13.4. The molecule has 1 aromatic rings. The van der Waals surface area contributed by atoms with Gasteiger partial charge in [-0.25, -0.2) is 4.79 Å². The van der Waals surface area contributed by atoms with Crippen LogP contribution in [0.5, 0.6) is 0 Å². The van der Waals surface area contributed by atoms with Crippen LogP contribution in [0.2, 0.25) is 0 Å². The lowest BCUT2D eigenvalue weighted by atomic mass is 9.79. The minimum atomic E-state index is -0.483. The van der Waals surface area contributed by atoms with Crippen LogP contribution >= 0.6 is 0 Å². The number of urea groups is 1. The monoisotopic (exact) mass is 385 g/mol. The lowest BCUT2D eigenvalue weighted by molar-refractivity contribution is -0.145. The number of hydrogen-bond donors (Lipinski definition) is 1. The van der Waals surface area contributed by atoms with Crippen molar-refractivity contribution in [1.82, 2.24) is 5.32 Å². The molecule has 2 amide bonds. The van der Waals surface area contributed by atoms with E-state index < -0.39 is 5.54 Å². The van der Waals surface area contributed by atoms with Crippen LogP contribution in [0.3, 0.4) is 0 Å². The number of hydrogen-bond acceptors (Lipinski definition) is 4. The summed E-state index contributed by atoms with van der Waals surface area (Å²) in [7, 11) is 0. The topological polar surface area (TPSA) is 61.9 Å². The number of anilines is 2. The number of amides is 2. The summed E-state index contributed by atoms with van der Waals surface area (Å²) < 4.78 is 5.20. The number of fused-ring (bicyclic) bond motifs is 3. The Hall–Kier alpha value is -2.24. The molecule has 1 atom stereocenters. The highest BCUT2D eigenvalue weighted by Crippen LogP contribution is 2.40. The molecule has 1 aromatic carbocycles. The average molecular weight is 386 g/mol. The number of carbonyl (C=O) groups is 2. The molecule has 4 rings (SSSR count). The maximum absolute atomic E-state index is 13.4. The summed E-state index contributed by atoms with van der Waals surface area (Å²) in [5.41, 5.74) is 1.64. The van der Waals surface area contributed by atoms with E-state index >= 15 is 0 Å². The molecule has 3 aliphatic rings. The molecule has 6 nitrogen and oxygen atoms in total. The van der Waals surface area contributed by atoms with Crippen molar-refractivity contribution in [2.24, 2.45) is 0 Å². The minimum absolute atomic E-state index is 0.0785. The van der Waals surface area contributed by atoms with E-state index in [2.05, 4.69) is 16.3 Å². The van der Waals surface area contributed by atoms with E-state index in [4.69, 9.17) is 4.74 Å². The van der Waals surface area contributed by atoms with Crippen molar-refractivity contribution in [2.45, 2.75) is 69.9 Å². The zero-order valence-electron chi connectivity index (χ0n) is 16.8. The van der Waals surface area contributed by atoms with Crippen molar-refractivity contribution in [2.75, 3.05) is 29.5 Å². The fourth-order valence-electron chi connectivity index (χ4n) is 5.14. The van der Waals surface area contributed by atoms with E-state index in [1.807, 2.05) is 30.0 Å². The fraction of sp³-hybridized carbons (Fsp3) is 0.636. The highest BCUT2D eigenvalue weighted by molar-refractivity contribution is 5.97. The molecule has 1 saturated carbocycles. The molecule has 6 heteroatoms. The first kappa shape index (κ1) is 19.1. The van der Waals surface area contributed by atoms with Crippen molar-refractivity contribution in [1.29, 1.82) is 0 Å². The van der Waals surface area contributed by atoms with Crippen molar-refractivity contribution in [3.8, 4) is 0 Å². The van der Waals surface area contributed by atoms with Gasteiger partial charge in [-0.2, -0.15) is 0 Å². The Kier molecular flexibility index (Phi) is 5.47. The Bertz CT molecular complexity index is 729. The highest BCUT2D eigenvalue weighted by atomic mass is 16.5. The van der Waals surface area contributed by atoms with Gasteiger partial charge < -0.3 is 15.0 Å². The average Bonchev–Trinajstić information content (AvgIpc) is 3.17. The van der Waals surface area contributed by atoms with Crippen molar-refractivity contribution in [3.05, 3.63) is 24.3 Å². The highest BCUT2D eigenvalue weighted by Gasteiger charge is 2.41. The molecule has 0 bridgehead atoms. The summed E-state index contributed by atoms with van der Waals surface area (Å²) in [6, 6.07) is 8.48. The molecule has 152 valence electrons. The van der Waals surface area contributed by atoms with Gasteiger partial charge in [-0.15, -0.1) is 0 Å². The van der Waals surface area contributed by atoms with Gasteiger partial charge in [0, 0.05) is 19.1 Å². The van der Waals surface area contributed by atoms with Crippen molar-refractivity contribution in [3.63, 3.8) is 0 Å². The summed E-state index contributed by atoms with van der Waals surface area (Å²) in [4.78, 5) is 30.0. The van der Waals surface area contributed by atoms with E-state index in [1.165, 1.54) is 6.42 Å². The molecular formula is C22H31N3O3. The molecule has 0 spiro atoms. The van der Waals surface area contributed by atoms with Gasteiger partial charge in [-0.3, -0.25) is 9.69 Å². The molecular weight excluding hydrogens is 354 g/mol. The summed E-state index contributed by atoms with van der Waals surface area (Å²) in [5.74, 6) is -0.217. The Morgan fingerprint density at radius 1 is 1.14 bits per heavy atom. The number of benzene rings is 1. The van der Waals surface area contributed by atoms with Crippen LogP contribution < -0.4 is 15.1 Å². The van der Waals surface area contributed by atoms with E-state index in [9.17, 15) is 9.59 Å². The Balaban J connectivity index is 1.56. The third-order valence-electron chi connectivity index (χ3n) is 6.47. The van der Waals surface area contributed by atoms with Crippen LogP contribution in [0.15, 0.2) is 24.3 Å². The lowest BCUT2D eigenvalue weighted by Gasteiger charge is -2.43. The van der Waals surface area contributed by atoms with Crippen LogP contribution in [0.1, 0.15) is 58.3 Å². The molecule has 2 fully saturated rings. The normalized spacial score (nSPS) is 23.0. The second-order valence-electron chi connectivity index (χ2n) is 8.34. The van der Waals surface area contributed by atoms with E-state index in [-0.39, 0.29) is 18.4 Å². The molecule has 0 radical (unpaired) electrons. The van der Waals surface area contributed by atoms with Gasteiger partial charge in [0.1, 0.15) is 0 Å². The van der Waals surface area contributed by atoms with Gasteiger partial charge in [-0.05, 0) is 44.7 Å². The van der Waals surface area contributed by atoms with Gasteiger partial charge in [0.15, 0.2) is 0 Å². The molecule has 1 aliphatic carbocycles. The summed E-state index contributed by atoms with van der Waals surface area (Å²) >= 11 is 0. The molecule has 2 heterocycles. The first-order valence-corrected chi connectivity index (χ1v) is 10.7. The third kappa shape index (κ3) is 3.69. The van der Waals surface area contributed by atoms with E-state index in [0.29, 0.717) is 19.2 Å². The smallest absolute Gasteiger partial charge is 0.322 e. The largest absolute Gasteiger partial charge is 0.466 e. The third-order valence-corrected chi connectivity index (χ3v) is 6.47. The number of nitrogens with zero attached hydrogens (tertiary/aromatic N) is 2. The van der Waals surface area contributed by atoms with Gasteiger partial charge in [0.05, 0.1) is 29.9 Å². The van der Waals surface area contributed by atoms with Crippen LogP contribution in [-0.4, -0.2) is 43.3 Å². The molecule has 1 saturated heterocycles. The first-order valence-electron chi connectivity index (χ1n) is 10.7. The second-order valence-corrected chi connectivity index (χ2v) is 8.34. The van der Waals surface area contributed by atoms with Crippen LogP contribution in [0, 0.1) is 0 Å². The van der Waals surface area contributed by atoms with Crippen molar-refractivity contribution >= 4 is 23.4 Å². The summed E-state index contributed by atoms with van der Waals surface area (Å²) in [6.07, 6.45) is 7.44. The van der Waals surface area contributed by atoms with Gasteiger partial charge in [0.25, 0.3) is 0 Å². The molecule has 0 aromatic heterocycles. The van der Waals surface area contributed by atoms with Crippen molar-refractivity contribution < 1.29 is 14.3 Å². The quantitative estimate of drug-likeness (QED) is 0.800. The lowest BCUT2D eigenvalue weighted by Crippen LogP contribution is -2.58. The second kappa shape index (κ2) is 8.02. The summed E-state index contributed by atoms with van der Waals surface area (Å²) in [5, 5.41) is 3.28. The number of para-hydroxylation sites is 2. The van der Waals surface area contributed by atoms with E-state index in [1.54, 1.807) is 0 Å². The number of ether oxygens (including phenoxy) is 1. The van der Waals surface area contributed by atoms with Crippen LogP contribution in [-0.2, 0) is 9.53 Å². The Labute approximate surface area is 167 Å². The SMILES string of the molecule is CCOC(=O)CC1(NC(=O)N2CC3CCCN3c3ccccc32)CCCCC1. The zero-order valence-corrected chi connectivity index (χ0v) is 16.8. The minimum Gasteiger partial charge on any atom is -0.466 e. The number of carbonyl (C=O) groups excluding carboxylic acids is 2. The standard InChI is InChI=1S/C22H31N3O3/c1-2-28-20(26)15-22(12-6-3-7-13-22)23-21(27)25-16-17-9-8-14-24(17)18-10-4-5-11-19(18)25/h4-5,10-11,17H,2-3,6-9,12-16H2,1H3,(H,23,27). The Morgan fingerprint density at radius 3 is 2.64 bits per heavy atom. The molecule has 1 unspecified atom stereocenters. The van der Waals surface area contributed by atoms with Gasteiger partial charge >= 0.3 is 12.0 Å². The van der Waals surface area contributed by atoms with Crippen LogP contribution in [0.4, 0.5) is 16.2 Å². The van der Waals surface area contributed by atoms with Gasteiger partial charge in [-0.1, -0.05) is 31.4 Å². The Morgan fingerprint density at radius 2 is 1.89 bits per heavy atom. The van der Waals surface area contributed by atoms with Crippen LogP contribution in [0.25, 0.3) is 0 Å². The number of esters is 1. The fourth-order valence-corrected chi connectivity index (χ4v) is 5.14. The van der Waals surface area contributed by atoms with Gasteiger partial charge in [0.2, 0.25) is 0 Å². The predicted octanol–water partition coefficient (Wildman–Crippen LogP) is 3.84. The summed E-state index contributed by atoms with van der Waals surface area (Å²) in [6.45, 7) is 3.96. The number of nitrogens with one attached hydrogen (secondary N) is 1. The first-order chi connectivity index (χ1) is 13.6. The maximum Gasteiger partial charge on any atom is 0.322 e. The number of rotatable bonds is 4. The molecule has 1 N–H and O–H groups in total. The predicted molar refractivity (Wildman–Crippen MR) is 110 cm³/mol.